The number of phenols is 1. The molecule has 1 heterocycles. The molecule has 1 fully saturated rings. The Bertz CT molecular complexity index is 471. The van der Waals surface area contributed by atoms with E-state index in [1.54, 1.807) is 12.1 Å². The molecule has 5 heteroatoms. The van der Waals surface area contributed by atoms with E-state index in [1.165, 1.54) is 6.07 Å². The number of carbonyl (C=O) groups excluding carboxylic acids is 1. The summed E-state index contributed by atoms with van der Waals surface area (Å²) in [5.74, 6) is -0.216. The van der Waals surface area contributed by atoms with Gasteiger partial charge in [-0.15, -0.1) is 0 Å². The fraction of sp³-hybridized carbons (Fsp3) is 0.500. The van der Waals surface area contributed by atoms with Gasteiger partial charge in [-0.3, -0.25) is 4.79 Å². The lowest BCUT2D eigenvalue weighted by atomic mass is 9.81. The number of benzene rings is 1. The van der Waals surface area contributed by atoms with Crippen LogP contribution in [0.5, 0.6) is 5.75 Å². The van der Waals surface area contributed by atoms with Crippen LogP contribution in [0, 0.1) is 5.41 Å². The predicted molar refractivity (Wildman–Crippen MR) is 78.4 cm³/mol. The fourth-order valence-electron chi connectivity index (χ4n) is 2.29. The van der Waals surface area contributed by atoms with Crippen LogP contribution in [0.25, 0.3) is 0 Å². The molecule has 0 atom stereocenters. The van der Waals surface area contributed by atoms with Gasteiger partial charge in [0.15, 0.2) is 0 Å². The fourth-order valence-corrected chi connectivity index (χ4v) is 2.64. The number of aromatic hydroxyl groups is 1. The molecular formula is C14H19BrN2O2. The minimum Gasteiger partial charge on any atom is -0.507 e. The maximum atomic E-state index is 12.1. The molecule has 3 N–H and O–H groups in total. The van der Waals surface area contributed by atoms with Crippen LogP contribution in [0.1, 0.15) is 30.1 Å². The Balaban J connectivity index is 1.97. The highest BCUT2D eigenvalue weighted by Gasteiger charge is 2.27. The van der Waals surface area contributed by atoms with Crippen molar-refractivity contribution in [3.8, 4) is 5.75 Å². The second-order valence-electron chi connectivity index (χ2n) is 5.40. The summed E-state index contributed by atoms with van der Waals surface area (Å²) in [6, 6.07) is 4.90. The van der Waals surface area contributed by atoms with Gasteiger partial charge in [0.1, 0.15) is 5.75 Å². The maximum absolute atomic E-state index is 12.1. The Kier molecular flexibility index (Phi) is 4.47. The average Bonchev–Trinajstić information content (AvgIpc) is 2.37. The number of rotatable bonds is 3. The molecule has 0 saturated carbocycles. The highest BCUT2D eigenvalue weighted by Crippen LogP contribution is 2.27. The van der Waals surface area contributed by atoms with Gasteiger partial charge in [-0.1, -0.05) is 22.9 Å². The van der Waals surface area contributed by atoms with Crippen molar-refractivity contribution in [2.75, 3.05) is 19.6 Å². The molecular weight excluding hydrogens is 308 g/mol. The summed E-state index contributed by atoms with van der Waals surface area (Å²) < 4.78 is 0.756. The Morgan fingerprint density at radius 3 is 2.79 bits per heavy atom. The van der Waals surface area contributed by atoms with Crippen molar-refractivity contribution in [2.24, 2.45) is 5.41 Å². The van der Waals surface area contributed by atoms with Gasteiger partial charge in [0.2, 0.25) is 0 Å². The summed E-state index contributed by atoms with van der Waals surface area (Å²) in [4.78, 5) is 12.1. The monoisotopic (exact) mass is 326 g/mol. The van der Waals surface area contributed by atoms with E-state index in [1.807, 2.05) is 0 Å². The minimum atomic E-state index is -0.218. The van der Waals surface area contributed by atoms with E-state index in [0.717, 1.165) is 30.4 Å². The van der Waals surface area contributed by atoms with Gasteiger partial charge in [0, 0.05) is 11.0 Å². The molecule has 0 aliphatic carbocycles. The molecule has 19 heavy (non-hydrogen) atoms. The van der Waals surface area contributed by atoms with Crippen LogP contribution in [-0.4, -0.2) is 30.6 Å². The maximum Gasteiger partial charge on any atom is 0.255 e. The largest absolute Gasteiger partial charge is 0.507 e. The lowest BCUT2D eigenvalue weighted by Gasteiger charge is -2.34. The number of piperidine rings is 1. The molecule has 0 aromatic heterocycles. The van der Waals surface area contributed by atoms with E-state index in [2.05, 4.69) is 33.5 Å². The van der Waals surface area contributed by atoms with E-state index in [9.17, 15) is 9.90 Å². The standard InChI is InChI=1S/C14H19BrN2O2/c1-14(4-6-16-7-5-14)9-17-13(19)11-3-2-10(15)8-12(11)18/h2-3,8,16,18H,4-7,9H2,1H3,(H,17,19). The Labute approximate surface area is 121 Å². The van der Waals surface area contributed by atoms with Crippen LogP contribution < -0.4 is 10.6 Å². The SMILES string of the molecule is CC1(CNC(=O)c2ccc(Br)cc2O)CCNCC1. The number of carbonyl (C=O) groups is 1. The van der Waals surface area contributed by atoms with Crippen LogP contribution in [0.3, 0.4) is 0 Å². The van der Waals surface area contributed by atoms with Gasteiger partial charge in [-0.2, -0.15) is 0 Å². The Hall–Kier alpha value is -1.07. The van der Waals surface area contributed by atoms with Gasteiger partial charge in [-0.05, 0) is 49.5 Å². The molecule has 0 radical (unpaired) electrons. The first kappa shape index (κ1) is 14.3. The summed E-state index contributed by atoms with van der Waals surface area (Å²) in [7, 11) is 0. The molecule has 4 nitrogen and oxygen atoms in total. The number of nitrogens with one attached hydrogen (secondary N) is 2. The van der Waals surface area contributed by atoms with Gasteiger partial charge >= 0.3 is 0 Å². The van der Waals surface area contributed by atoms with Crippen LogP contribution >= 0.6 is 15.9 Å². The molecule has 0 unspecified atom stereocenters. The van der Waals surface area contributed by atoms with E-state index in [0.29, 0.717) is 12.1 Å². The average molecular weight is 327 g/mol. The molecule has 104 valence electrons. The second kappa shape index (κ2) is 5.92. The zero-order valence-corrected chi connectivity index (χ0v) is 12.6. The summed E-state index contributed by atoms with van der Waals surface area (Å²) >= 11 is 3.26. The van der Waals surface area contributed by atoms with Gasteiger partial charge in [0.05, 0.1) is 5.56 Å². The van der Waals surface area contributed by atoms with Crippen LogP contribution in [-0.2, 0) is 0 Å². The number of amides is 1. The molecule has 1 aliphatic rings. The topological polar surface area (TPSA) is 61.4 Å². The lowest BCUT2D eigenvalue weighted by Crippen LogP contribution is -2.42. The van der Waals surface area contributed by atoms with Crippen molar-refractivity contribution in [2.45, 2.75) is 19.8 Å². The first-order chi connectivity index (χ1) is 9.00. The van der Waals surface area contributed by atoms with E-state index in [-0.39, 0.29) is 17.1 Å². The molecule has 1 amide bonds. The number of halogens is 1. The van der Waals surface area contributed by atoms with E-state index < -0.39 is 0 Å². The molecule has 1 aliphatic heterocycles. The first-order valence-corrected chi connectivity index (χ1v) is 7.27. The quantitative estimate of drug-likeness (QED) is 0.798. The van der Waals surface area contributed by atoms with E-state index >= 15 is 0 Å². The van der Waals surface area contributed by atoms with Crippen molar-refractivity contribution in [1.29, 1.82) is 0 Å². The van der Waals surface area contributed by atoms with Gasteiger partial charge in [0.25, 0.3) is 5.91 Å². The summed E-state index contributed by atoms with van der Waals surface area (Å²) in [5, 5.41) is 16.0. The Morgan fingerprint density at radius 1 is 1.47 bits per heavy atom. The van der Waals surface area contributed by atoms with E-state index in [4.69, 9.17) is 0 Å². The van der Waals surface area contributed by atoms with Crippen LogP contribution in [0.15, 0.2) is 22.7 Å². The normalized spacial score (nSPS) is 18.0. The number of hydrogen-bond acceptors (Lipinski definition) is 3. The molecule has 1 aromatic carbocycles. The van der Waals surface area contributed by atoms with Gasteiger partial charge < -0.3 is 15.7 Å². The second-order valence-corrected chi connectivity index (χ2v) is 6.32. The molecule has 2 rings (SSSR count). The third-order valence-electron chi connectivity index (χ3n) is 3.69. The van der Waals surface area contributed by atoms with Crippen LogP contribution in [0.2, 0.25) is 0 Å². The summed E-state index contributed by atoms with van der Waals surface area (Å²) in [6.45, 7) is 4.82. The van der Waals surface area contributed by atoms with Crippen LogP contribution in [0.4, 0.5) is 0 Å². The number of phenolic OH excluding ortho intramolecular Hbond substituents is 1. The predicted octanol–water partition coefficient (Wildman–Crippen LogP) is 2.27. The minimum absolute atomic E-state index is 0.00217. The zero-order chi connectivity index (χ0) is 13.9. The van der Waals surface area contributed by atoms with Gasteiger partial charge in [-0.25, -0.2) is 0 Å². The molecule has 1 aromatic rings. The molecule has 0 bridgehead atoms. The molecule has 0 spiro atoms. The smallest absolute Gasteiger partial charge is 0.255 e. The number of hydrogen-bond donors (Lipinski definition) is 3. The van der Waals surface area contributed by atoms with Crippen molar-refractivity contribution in [3.63, 3.8) is 0 Å². The zero-order valence-electron chi connectivity index (χ0n) is 11.0. The summed E-state index contributed by atoms with van der Waals surface area (Å²) in [5.41, 5.74) is 0.465. The third-order valence-corrected chi connectivity index (χ3v) is 4.18. The first-order valence-electron chi connectivity index (χ1n) is 6.48. The Morgan fingerprint density at radius 2 is 2.16 bits per heavy atom. The van der Waals surface area contributed by atoms with Crippen molar-refractivity contribution < 1.29 is 9.90 Å². The highest BCUT2D eigenvalue weighted by molar-refractivity contribution is 9.10. The highest BCUT2D eigenvalue weighted by atomic mass is 79.9. The van der Waals surface area contributed by atoms with Crippen molar-refractivity contribution in [3.05, 3.63) is 28.2 Å². The molecule has 1 saturated heterocycles. The summed E-state index contributed by atoms with van der Waals surface area (Å²) in [6.07, 6.45) is 2.11. The van der Waals surface area contributed by atoms with Crippen molar-refractivity contribution in [1.82, 2.24) is 10.6 Å². The third kappa shape index (κ3) is 3.70. The lowest BCUT2D eigenvalue weighted by molar-refractivity contribution is 0.0919. The van der Waals surface area contributed by atoms with Crippen molar-refractivity contribution >= 4 is 21.8 Å².